The predicted molar refractivity (Wildman–Crippen MR) is 96.3 cm³/mol. The van der Waals surface area contributed by atoms with Gasteiger partial charge < -0.3 is 19.9 Å². The number of nitrogens with one attached hydrogen (secondary N) is 1. The molecule has 1 aliphatic heterocycles. The number of carbonyl (C=O) groups excluding carboxylic acids is 1. The van der Waals surface area contributed by atoms with E-state index in [1.54, 1.807) is 12.1 Å². The van der Waals surface area contributed by atoms with Gasteiger partial charge in [-0.1, -0.05) is 23.7 Å². The fraction of sp³-hybridized carbons (Fsp3) is 0.263. The first kappa shape index (κ1) is 18.1. The minimum atomic E-state index is -0.987. The highest BCUT2D eigenvalue weighted by Crippen LogP contribution is 2.38. The molecule has 7 heteroatoms. The normalized spacial score (nSPS) is 12.5. The van der Waals surface area contributed by atoms with Crippen molar-refractivity contribution in [3.8, 4) is 11.5 Å². The first-order valence-corrected chi connectivity index (χ1v) is 8.57. The van der Waals surface area contributed by atoms with E-state index in [2.05, 4.69) is 5.32 Å². The second-order valence-electron chi connectivity index (χ2n) is 5.88. The number of hydrogen-bond acceptors (Lipinski definition) is 4. The van der Waals surface area contributed by atoms with E-state index < -0.39 is 5.97 Å². The van der Waals surface area contributed by atoms with Gasteiger partial charge in [-0.15, -0.1) is 0 Å². The molecule has 0 radical (unpaired) electrons. The Hall–Kier alpha value is -2.73. The number of rotatable bonds is 6. The van der Waals surface area contributed by atoms with Crippen LogP contribution in [0.15, 0.2) is 36.4 Å². The Morgan fingerprint density at radius 1 is 1.08 bits per heavy atom. The molecule has 2 aromatic carbocycles. The lowest BCUT2D eigenvalue weighted by molar-refractivity contribution is -0.120. The molecule has 0 bridgehead atoms. The summed E-state index contributed by atoms with van der Waals surface area (Å²) < 4.78 is 11.0. The lowest BCUT2D eigenvalue weighted by Crippen LogP contribution is -2.27. The largest absolute Gasteiger partial charge is 0.486 e. The number of benzene rings is 2. The van der Waals surface area contributed by atoms with E-state index >= 15 is 0 Å². The highest BCUT2D eigenvalue weighted by atomic mass is 35.5. The Labute approximate surface area is 155 Å². The fourth-order valence-electron chi connectivity index (χ4n) is 2.67. The average molecular weight is 376 g/mol. The summed E-state index contributed by atoms with van der Waals surface area (Å²) in [4.78, 5) is 22.8. The van der Waals surface area contributed by atoms with Gasteiger partial charge in [0.2, 0.25) is 5.91 Å². The van der Waals surface area contributed by atoms with Crippen molar-refractivity contribution >= 4 is 23.5 Å². The molecule has 0 spiro atoms. The standard InChI is InChI=1S/C19H18ClNO5/c20-15-9-13(10-16-18(15)26-8-7-25-16)5-6-21-17(22)11-12-1-3-14(4-2-12)19(23)24/h1-4,9-10H,5-8,11H2,(H,21,22)(H,23,24). The summed E-state index contributed by atoms with van der Waals surface area (Å²) in [7, 11) is 0. The third-order valence-electron chi connectivity index (χ3n) is 3.96. The van der Waals surface area contributed by atoms with Crippen molar-refractivity contribution in [3.05, 3.63) is 58.1 Å². The van der Waals surface area contributed by atoms with Crippen LogP contribution in [-0.4, -0.2) is 36.7 Å². The summed E-state index contributed by atoms with van der Waals surface area (Å²) in [5.74, 6) is 0.0786. The van der Waals surface area contributed by atoms with E-state index in [1.165, 1.54) is 12.1 Å². The quantitative estimate of drug-likeness (QED) is 0.810. The van der Waals surface area contributed by atoms with Gasteiger partial charge in [0.25, 0.3) is 0 Å². The molecule has 0 aliphatic carbocycles. The van der Waals surface area contributed by atoms with Gasteiger partial charge >= 0.3 is 5.97 Å². The van der Waals surface area contributed by atoms with Crippen LogP contribution in [0.5, 0.6) is 11.5 Å². The molecule has 0 saturated carbocycles. The Morgan fingerprint density at radius 2 is 1.81 bits per heavy atom. The molecule has 26 heavy (non-hydrogen) atoms. The van der Waals surface area contributed by atoms with E-state index in [9.17, 15) is 9.59 Å². The fourth-order valence-corrected chi connectivity index (χ4v) is 2.96. The molecular weight excluding hydrogens is 358 g/mol. The minimum absolute atomic E-state index is 0.128. The number of carboxylic acids is 1. The lowest BCUT2D eigenvalue weighted by Gasteiger charge is -2.20. The second kappa shape index (κ2) is 8.10. The van der Waals surface area contributed by atoms with Crippen molar-refractivity contribution in [1.82, 2.24) is 5.32 Å². The molecule has 1 heterocycles. The van der Waals surface area contributed by atoms with Gasteiger partial charge in [-0.05, 0) is 41.8 Å². The Balaban J connectivity index is 1.51. The van der Waals surface area contributed by atoms with Gasteiger partial charge in [0.1, 0.15) is 13.2 Å². The summed E-state index contributed by atoms with van der Waals surface area (Å²) in [6.45, 7) is 1.43. The van der Waals surface area contributed by atoms with E-state index in [-0.39, 0.29) is 17.9 Å². The molecule has 6 nitrogen and oxygen atoms in total. The third-order valence-corrected chi connectivity index (χ3v) is 4.24. The number of carbonyl (C=O) groups is 2. The van der Waals surface area contributed by atoms with Crippen LogP contribution < -0.4 is 14.8 Å². The molecule has 0 saturated heterocycles. The highest BCUT2D eigenvalue weighted by molar-refractivity contribution is 6.32. The molecule has 0 unspecified atom stereocenters. The molecule has 1 aliphatic rings. The van der Waals surface area contributed by atoms with Gasteiger partial charge in [-0.25, -0.2) is 4.79 Å². The molecule has 0 atom stereocenters. The molecule has 1 amide bonds. The van der Waals surface area contributed by atoms with Crippen LogP contribution in [0.4, 0.5) is 0 Å². The van der Waals surface area contributed by atoms with Crippen LogP contribution in [0.3, 0.4) is 0 Å². The number of halogens is 1. The van der Waals surface area contributed by atoms with Crippen molar-refractivity contribution in [3.63, 3.8) is 0 Å². The number of aromatic carboxylic acids is 1. The molecule has 0 aromatic heterocycles. The van der Waals surface area contributed by atoms with Crippen LogP contribution in [0.2, 0.25) is 5.02 Å². The van der Waals surface area contributed by atoms with Gasteiger partial charge in [-0.2, -0.15) is 0 Å². The minimum Gasteiger partial charge on any atom is -0.486 e. The van der Waals surface area contributed by atoms with Gasteiger partial charge in [0.05, 0.1) is 17.0 Å². The number of ether oxygens (including phenoxy) is 2. The zero-order chi connectivity index (χ0) is 18.5. The predicted octanol–water partition coefficient (Wildman–Crippen LogP) is 2.71. The van der Waals surface area contributed by atoms with E-state index in [4.69, 9.17) is 26.2 Å². The van der Waals surface area contributed by atoms with Crippen molar-refractivity contribution in [2.45, 2.75) is 12.8 Å². The van der Waals surface area contributed by atoms with Crippen molar-refractivity contribution < 1.29 is 24.2 Å². The van der Waals surface area contributed by atoms with Crippen LogP contribution in [0, 0.1) is 0 Å². The number of amides is 1. The molecule has 136 valence electrons. The molecule has 0 fully saturated rings. The third kappa shape index (κ3) is 4.46. The molecule has 3 rings (SSSR count). The Bertz CT molecular complexity index is 819. The summed E-state index contributed by atoms with van der Waals surface area (Å²) in [5.41, 5.74) is 1.91. The number of carboxylic acid groups (broad SMARTS) is 1. The van der Waals surface area contributed by atoms with Gasteiger partial charge in [-0.3, -0.25) is 4.79 Å². The summed E-state index contributed by atoms with van der Waals surface area (Å²) in [6, 6.07) is 9.94. The summed E-state index contributed by atoms with van der Waals surface area (Å²) in [5, 5.41) is 12.2. The van der Waals surface area contributed by atoms with Gasteiger partial charge in [0, 0.05) is 6.54 Å². The maximum atomic E-state index is 12.0. The van der Waals surface area contributed by atoms with Crippen molar-refractivity contribution in [2.75, 3.05) is 19.8 Å². The van der Waals surface area contributed by atoms with E-state index in [1.807, 2.05) is 12.1 Å². The Morgan fingerprint density at radius 3 is 2.54 bits per heavy atom. The van der Waals surface area contributed by atoms with E-state index in [0.717, 1.165) is 11.1 Å². The average Bonchev–Trinajstić information content (AvgIpc) is 2.62. The maximum Gasteiger partial charge on any atom is 0.335 e. The van der Waals surface area contributed by atoms with Crippen LogP contribution >= 0.6 is 11.6 Å². The molecule has 2 aromatic rings. The first-order chi connectivity index (χ1) is 12.5. The van der Waals surface area contributed by atoms with E-state index in [0.29, 0.717) is 42.7 Å². The molecular formula is C19H18ClNO5. The van der Waals surface area contributed by atoms with Crippen molar-refractivity contribution in [2.24, 2.45) is 0 Å². The zero-order valence-electron chi connectivity index (χ0n) is 14.0. The monoisotopic (exact) mass is 375 g/mol. The topological polar surface area (TPSA) is 84.9 Å². The van der Waals surface area contributed by atoms with Crippen molar-refractivity contribution in [1.29, 1.82) is 0 Å². The molecule has 2 N–H and O–H groups in total. The van der Waals surface area contributed by atoms with Gasteiger partial charge in [0.15, 0.2) is 11.5 Å². The zero-order valence-corrected chi connectivity index (χ0v) is 14.7. The smallest absolute Gasteiger partial charge is 0.335 e. The Kier molecular flexibility index (Phi) is 5.63. The van der Waals surface area contributed by atoms with Crippen LogP contribution in [0.1, 0.15) is 21.5 Å². The van der Waals surface area contributed by atoms with Crippen LogP contribution in [-0.2, 0) is 17.6 Å². The summed E-state index contributed by atoms with van der Waals surface area (Å²) >= 11 is 6.20. The number of fused-ring (bicyclic) bond motifs is 1. The lowest BCUT2D eigenvalue weighted by atomic mass is 10.1. The maximum absolute atomic E-state index is 12.0. The number of hydrogen-bond donors (Lipinski definition) is 2. The second-order valence-corrected chi connectivity index (χ2v) is 6.29. The van der Waals surface area contributed by atoms with Crippen LogP contribution in [0.25, 0.3) is 0 Å². The highest BCUT2D eigenvalue weighted by Gasteiger charge is 2.16. The summed E-state index contributed by atoms with van der Waals surface area (Å²) in [6.07, 6.45) is 0.807. The first-order valence-electron chi connectivity index (χ1n) is 8.20. The SMILES string of the molecule is O=C(Cc1ccc(C(=O)O)cc1)NCCc1cc(Cl)c2c(c1)OCCO2.